The molecule has 164 valence electrons. The quantitative estimate of drug-likeness (QED) is 0.525. The third-order valence-electron chi connectivity index (χ3n) is 4.74. The first-order valence-electron chi connectivity index (χ1n) is 9.82. The van der Waals surface area contributed by atoms with E-state index in [-0.39, 0.29) is 18.6 Å². The Morgan fingerprint density at radius 3 is 3.03 bits per heavy atom. The summed E-state index contributed by atoms with van der Waals surface area (Å²) >= 11 is 2.89. The summed E-state index contributed by atoms with van der Waals surface area (Å²) < 4.78 is 10.7. The van der Waals surface area contributed by atoms with Gasteiger partial charge >= 0.3 is 6.09 Å². The molecule has 0 aromatic carbocycles. The Morgan fingerprint density at radius 2 is 2.31 bits per heavy atom. The van der Waals surface area contributed by atoms with Gasteiger partial charge < -0.3 is 19.8 Å². The first-order chi connectivity index (χ1) is 15.5. The molecule has 1 aliphatic rings. The molecule has 0 bridgehead atoms. The first kappa shape index (κ1) is 21.7. The number of carbonyl (C=O) groups is 2. The molecule has 3 aromatic heterocycles. The van der Waals surface area contributed by atoms with Gasteiger partial charge in [0.15, 0.2) is 0 Å². The number of thiophene rings is 2. The van der Waals surface area contributed by atoms with Crippen molar-refractivity contribution < 1.29 is 18.7 Å². The molecule has 2 N–H and O–H groups in total. The number of alkyl carbamates (subject to hydrolysis) is 1. The molecule has 9 nitrogen and oxygen atoms in total. The molecule has 1 aliphatic carbocycles. The van der Waals surface area contributed by atoms with Crippen LogP contribution in [0.25, 0.3) is 6.08 Å². The Kier molecular flexibility index (Phi) is 6.63. The zero-order valence-electron chi connectivity index (χ0n) is 17.1. The van der Waals surface area contributed by atoms with Gasteiger partial charge in [-0.15, -0.1) is 32.9 Å². The lowest BCUT2D eigenvalue weighted by Gasteiger charge is -2.22. The molecule has 0 aliphatic heterocycles. The van der Waals surface area contributed by atoms with Crippen LogP contribution in [0.5, 0.6) is 0 Å². The number of aryl methyl sites for hydroxylation is 1. The summed E-state index contributed by atoms with van der Waals surface area (Å²) in [5, 5.41) is 25.0. The average molecular weight is 470 g/mol. The molecule has 3 heterocycles. The van der Waals surface area contributed by atoms with E-state index in [9.17, 15) is 14.9 Å². The number of nitrogens with zero attached hydrogens (tertiary/aromatic N) is 3. The zero-order valence-corrected chi connectivity index (χ0v) is 18.7. The number of nitriles is 1. The highest BCUT2D eigenvalue weighted by atomic mass is 32.1. The lowest BCUT2D eigenvalue weighted by molar-refractivity contribution is -0.111. The Labute approximate surface area is 191 Å². The maximum absolute atomic E-state index is 12.3. The summed E-state index contributed by atoms with van der Waals surface area (Å²) in [6, 6.07) is 6.03. The van der Waals surface area contributed by atoms with Crippen molar-refractivity contribution in [1.29, 1.82) is 5.26 Å². The molecule has 11 heteroatoms. The molecular formula is C21H19N5O4S2. The standard InChI is InChI=1S/C21H19N5O4S2/c1-12-25-26-19(29-12)11-23-21(28)30-13-4-6-15-16(10-22)20(32-17(15)9-13)24-18(27)7-5-14-3-2-8-31-14/h2-3,5,7-8,13H,4,6,9,11H2,1H3,(H,23,28)(H,24,27). The monoisotopic (exact) mass is 469 g/mol. The van der Waals surface area contributed by atoms with Crippen molar-refractivity contribution in [3.8, 4) is 6.07 Å². The van der Waals surface area contributed by atoms with Crippen LogP contribution >= 0.6 is 22.7 Å². The lowest BCUT2D eigenvalue weighted by atomic mass is 9.94. The molecule has 1 atom stereocenters. The van der Waals surface area contributed by atoms with Gasteiger partial charge in [0.2, 0.25) is 17.7 Å². The van der Waals surface area contributed by atoms with Crippen molar-refractivity contribution in [2.75, 3.05) is 5.32 Å². The Hall–Kier alpha value is -3.49. The largest absolute Gasteiger partial charge is 0.446 e. The van der Waals surface area contributed by atoms with Gasteiger partial charge in [0, 0.05) is 29.2 Å². The normalized spacial score (nSPS) is 15.2. The molecule has 3 aromatic rings. The molecule has 1 unspecified atom stereocenters. The highest BCUT2D eigenvalue weighted by molar-refractivity contribution is 7.16. The summed E-state index contributed by atoms with van der Waals surface area (Å²) in [6.45, 7) is 1.76. The van der Waals surface area contributed by atoms with Gasteiger partial charge in [-0.25, -0.2) is 4.79 Å². The van der Waals surface area contributed by atoms with Gasteiger partial charge in [-0.3, -0.25) is 4.79 Å². The SMILES string of the molecule is Cc1nnc(CNC(=O)OC2CCc3c(sc(NC(=O)C=Cc4cccs4)c3C#N)C2)o1. The van der Waals surface area contributed by atoms with Crippen molar-refractivity contribution in [2.45, 2.75) is 38.8 Å². The second-order valence-electron chi connectivity index (χ2n) is 7.00. The number of hydrogen-bond acceptors (Lipinski definition) is 9. The Bertz CT molecular complexity index is 1190. The Morgan fingerprint density at radius 1 is 1.44 bits per heavy atom. The van der Waals surface area contributed by atoms with E-state index in [0.717, 1.165) is 15.3 Å². The van der Waals surface area contributed by atoms with Crippen molar-refractivity contribution in [3.05, 3.63) is 56.3 Å². The number of aromatic nitrogens is 2. The average Bonchev–Trinajstić information content (AvgIpc) is 3.50. The predicted octanol–water partition coefficient (Wildman–Crippen LogP) is 3.81. The van der Waals surface area contributed by atoms with Crippen LogP contribution in [0, 0.1) is 18.3 Å². The molecule has 0 spiro atoms. The van der Waals surface area contributed by atoms with Crippen LogP contribution in [-0.4, -0.2) is 28.3 Å². The molecular weight excluding hydrogens is 450 g/mol. The lowest BCUT2D eigenvalue weighted by Crippen LogP contribution is -2.31. The summed E-state index contributed by atoms with van der Waals surface area (Å²) in [7, 11) is 0. The van der Waals surface area contributed by atoms with Crippen molar-refractivity contribution in [3.63, 3.8) is 0 Å². The van der Waals surface area contributed by atoms with Gasteiger partial charge in [0.25, 0.3) is 0 Å². The minimum absolute atomic E-state index is 0.0877. The minimum Gasteiger partial charge on any atom is -0.446 e. The molecule has 0 saturated heterocycles. The third kappa shape index (κ3) is 5.22. The third-order valence-corrected chi connectivity index (χ3v) is 6.74. The van der Waals surface area contributed by atoms with Crippen molar-refractivity contribution >= 4 is 45.8 Å². The van der Waals surface area contributed by atoms with E-state index in [1.54, 1.807) is 13.0 Å². The molecule has 0 radical (unpaired) electrons. The number of amides is 2. The highest BCUT2D eigenvalue weighted by Gasteiger charge is 2.28. The van der Waals surface area contributed by atoms with Crippen LogP contribution in [-0.2, 0) is 28.9 Å². The number of hydrogen-bond donors (Lipinski definition) is 2. The summed E-state index contributed by atoms with van der Waals surface area (Å²) in [5.41, 5.74) is 1.40. The fourth-order valence-electron chi connectivity index (χ4n) is 3.31. The van der Waals surface area contributed by atoms with Gasteiger partial charge in [0.05, 0.1) is 12.1 Å². The second-order valence-corrected chi connectivity index (χ2v) is 9.08. The van der Waals surface area contributed by atoms with Crippen LogP contribution < -0.4 is 10.6 Å². The van der Waals surface area contributed by atoms with Crippen molar-refractivity contribution in [2.24, 2.45) is 0 Å². The van der Waals surface area contributed by atoms with Gasteiger partial charge in [-0.2, -0.15) is 5.26 Å². The summed E-state index contributed by atoms with van der Waals surface area (Å²) in [6.07, 6.45) is 3.97. The topological polar surface area (TPSA) is 130 Å². The predicted molar refractivity (Wildman–Crippen MR) is 119 cm³/mol. The second kappa shape index (κ2) is 9.76. The van der Waals surface area contributed by atoms with E-state index >= 15 is 0 Å². The smallest absolute Gasteiger partial charge is 0.407 e. The number of rotatable bonds is 6. The van der Waals surface area contributed by atoms with E-state index in [1.165, 1.54) is 28.7 Å². The van der Waals surface area contributed by atoms with Gasteiger partial charge in [-0.05, 0) is 35.9 Å². The zero-order chi connectivity index (χ0) is 22.5. The highest BCUT2D eigenvalue weighted by Crippen LogP contribution is 2.38. The van der Waals surface area contributed by atoms with E-state index in [0.29, 0.717) is 41.6 Å². The van der Waals surface area contributed by atoms with Crippen molar-refractivity contribution in [1.82, 2.24) is 15.5 Å². The van der Waals surface area contributed by atoms with E-state index in [4.69, 9.17) is 9.15 Å². The number of fused-ring (bicyclic) bond motifs is 1. The Balaban J connectivity index is 1.35. The molecule has 4 rings (SSSR count). The van der Waals surface area contributed by atoms with Crippen LogP contribution in [0.3, 0.4) is 0 Å². The number of carbonyl (C=O) groups excluding carboxylic acids is 2. The maximum atomic E-state index is 12.3. The number of nitrogens with one attached hydrogen (secondary N) is 2. The van der Waals surface area contributed by atoms with E-state index in [1.807, 2.05) is 17.5 Å². The summed E-state index contributed by atoms with van der Waals surface area (Å²) in [4.78, 5) is 26.3. The summed E-state index contributed by atoms with van der Waals surface area (Å²) in [5.74, 6) is 0.429. The number of anilines is 1. The van der Waals surface area contributed by atoms with Gasteiger partial charge in [-0.1, -0.05) is 6.07 Å². The van der Waals surface area contributed by atoms with E-state index < -0.39 is 6.09 Å². The fourth-order valence-corrected chi connectivity index (χ4v) is 5.19. The van der Waals surface area contributed by atoms with Crippen LogP contribution in [0.2, 0.25) is 0 Å². The number of ether oxygens (including phenoxy) is 1. The van der Waals surface area contributed by atoms with Crippen LogP contribution in [0.4, 0.5) is 9.80 Å². The molecule has 0 saturated carbocycles. The maximum Gasteiger partial charge on any atom is 0.407 e. The molecule has 0 fully saturated rings. The fraction of sp³-hybridized carbons (Fsp3) is 0.286. The molecule has 2 amide bonds. The first-order valence-corrected chi connectivity index (χ1v) is 11.5. The van der Waals surface area contributed by atoms with Gasteiger partial charge in [0.1, 0.15) is 17.2 Å². The minimum atomic E-state index is -0.571. The van der Waals surface area contributed by atoms with Crippen LogP contribution in [0.15, 0.2) is 28.0 Å². The molecule has 32 heavy (non-hydrogen) atoms. The van der Waals surface area contributed by atoms with Crippen LogP contribution in [0.1, 0.15) is 39.1 Å². The van der Waals surface area contributed by atoms with E-state index in [2.05, 4.69) is 26.9 Å².